The van der Waals surface area contributed by atoms with Crippen molar-refractivity contribution in [3.05, 3.63) is 83.5 Å². The fraction of sp³-hybridized carbons (Fsp3) is 0.158. The van der Waals surface area contributed by atoms with Crippen LogP contribution in [-0.4, -0.2) is 0 Å². The average Bonchev–Trinajstić information content (AvgIpc) is 2.94. The molecule has 0 aliphatic heterocycles. The van der Waals surface area contributed by atoms with Gasteiger partial charge in [-0.2, -0.15) is 0 Å². The van der Waals surface area contributed by atoms with Crippen LogP contribution in [-0.2, 0) is 11.7 Å². The second-order valence-corrected chi connectivity index (χ2v) is 5.22. The highest BCUT2D eigenvalue weighted by Gasteiger charge is 2.14. The van der Waals surface area contributed by atoms with Crippen LogP contribution in [0.25, 0.3) is 11.1 Å². The van der Waals surface area contributed by atoms with Crippen LogP contribution < -0.4 is 0 Å². The zero-order valence-electron chi connectivity index (χ0n) is 11.5. The van der Waals surface area contributed by atoms with Gasteiger partial charge in [-0.1, -0.05) is 72.3 Å². The maximum atomic E-state index is 10.9. The molecule has 1 aliphatic carbocycles. The summed E-state index contributed by atoms with van der Waals surface area (Å²) in [4.78, 5) is 0. The highest BCUT2D eigenvalue weighted by molar-refractivity contribution is 5.69. The van der Waals surface area contributed by atoms with Gasteiger partial charge in [0.15, 0.2) is 0 Å². The van der Waals surface area contributed by atoms with Gasteiger partial charge >= 0.3 is 0 Å². The lowest BCUT2D eigenvalue weighted by molar-refractivity contribution is 0.177. The third-order valence-corrected chi connectivity index (χ3v) is 3.76. The Morgan fingerprint density at radius 3 is 2.40 bits per heavy atom. The zero-order valence-corrected chi connectivity index (χ0v) is 11.5. The summed E-state index contributed by atoms with van der Waals surface area (Å²) in [5, 5.41) is 10.9. The minimum Gasteiger partial charge on any atom is -0.232 e. The molecule has 2 aromatic carbocycles. The van der Waals surface area contributed by atoms with Crippen LogP contribution in [0.4, 0.5) is 0 Å². The molecule has 0 saturated heterocycles. The largest absolute Gasteiger partial charge is 0.232 e. The SMILES string of the molecule is CC1=CC(c2ccccc2-c2ccc(C[O])cc2)C=C1. The molecule has 1 unspecified atom stereocenters. The van der Waals surface area contributed by atoms with Gasteiger partial charge in [0.05, 0.1) is 0 Å². The summed E-state index contributed by atoms with van der Waals surface area (Å²) in [5.74, 6) is 0.352. The van der Waals surface area contributed by atoms with E-state index in [0.29, 0.717) is 5.92 Å². The lowest BCUT2D eigenvalue weighted by Crippen LogP contribution is -1.93. The van der Waals surface area contributed by atoms with Crippen LogP contribution in [0.2, 0.25) is 0 Å². The third-order valence-electron chi connectivity index (χ3n) is 3.76. The predicted octanol–water partition coefficient (Wildman–Crippen LogP) is 4.88. The van der Waals surface area contributed by atoms with Crippen molar-refractivity contribution in [2.24, 2.45) is 0 Å². The third kappa shape index (κ3) is 2.45. The number of allylic oxidation sites excluding steroid dienone is 4. The fourth-order valence-corrected chi connectivity index (χ4v) is 2.67. The van der Waals surface area contributed by atoms with E-state index in [1.807, 2.05) is 24.3 Å². The van der Waals surface area contributed by atoms with Crippen molar-refractivity contribution in [2.45, 2.75) is 19.4 Å². The molecule has 0 aromatic heterocycles. The summed E-state index contributed by atoms with van der Waals surface area (Å²) in [7, 11) is 0. The average molecular weight is 261 g/mol. The summed E-state index contributed by atoms with van der Waals surface area (Å²) in [5.41, 5.74) is 5.87. The zero-order chi connectivity index (χ0) is 13.9. The highest BCUT2D eigenvalue weighted by Crippen LogP contribution is 2.34. The maximum Gasteiger partial charge on any atom is 0.107 e. The van der Waals surface area contributed by atoms with E-state index >= 15 is 0 Å². The standard InChI is InChI=1S/C19H17O/c1-14-6-9-17(12-14)19-5-3-2-4-18(19)16-10-7-15(13-20)8-11-16/h2-12,17H,13H2,1H3. The smallest absolute Gasteiger partial charge is 0.107 e. The molecule has 1 atom stereocenters. The molecule has 0 saturated carbocycles. The Bertz CT molecular complexity index is 662. The van der Waals surface area contributed by atoms with Gasteiger partial charge in [-0.3, -0.25) is 0 Å². The van der Waals surface area contributed by atoms with Gasteiger partial charge in [-0.05, 0) is 29.2 Å². The molecular weight excluding hydrogens is 244 g/mol. The lowest BCUT2D eigenvalue weighted by Gasteiger charge is -2.13. The molecule has 99 valence electrons. The Labute approximate surface area is 119 Å². The van der Waals surface area contributed by atoms with Crippen LogP contribution in [0, 0.1) is 0 Å². The monoisotopic (exact) mass is 261 g/mol. The van der Waals surface area contributed by atoms with E-state index in [-0.39, 0.29) is 6.61 Å². The number of hydrogen-bond acceptors (Lipinski definition) is 0. The summed E-state index contributed by atoms with van der Waals surface area (Å²) in [6.07, 6.45) is 6.69. The summed E-state index contributed by atoms with van der Waals surface area (Å²) in [6, 6.07) is 16.4. The van der Waals surface area contributed by atoms with Crippen molar-refractivity contribution in [3.63, 3.8) is 0 Å². The first-order valence-electron chi connectivity index (χ1n) is 6.91. The number of hydrogen-bond donors (Lipinski definition) is 0. The summed E-state index contributed by atoms with van der Waals surface area (Å²) < 4.78 is 0. The number of benzene rings is 2. The molecule has 20 heavy (non-hydrogen) atoms. The van der Waals surface area contributed by atoms with E-state index in [9.17, 15) is 5.11 Å². The van der Waals surface area contributed by atoms with Crippen molar-refractivity contribution in [2.75, 3.05) is 0 Å². The Morgan fingerprint density at radius 2 is 1.75 bits per heavy atom. The first kappa shape index (κ1) is 12.9. The van der Waals surface area contributed by atoms with Crippen LogP contribution in [0.15, 0.2) is 72.3 Å². The molecule has 0 N–H and O–H groups in total. The quantitative estimate of drug-likeness (QED) is 0.750. The van der Waals surface area contributed by atoms with Gasteiger partial charge < -0.3 is 0 Å². The van der Waals surface area contributed by atoms with E-state index in [2.05, 4.69) is 49.4 Å². The molecule has 2 aromatic rings. The van der Waals surface area contributed by atoms with Gasteiger partial charge in [-0.25, -0.2) is 5.11 Å². The Morgan fingerprint density at radius 1 is 1.00 bits per heavy atom. The molecule has 1 aliphatic rings. The molecule has 1 radical (unpaired) electrons. The minimum atomic E-state index is -0.158. The van der Waals surface area contributed by atoms with E-state index in [4.69, 9.17) is 0 Å². The van der Waals surface area contributed by atoms with Crippen molar-refractivity contribution >= 4 is 0 Å². The topological polar surface area (TPSA) is 19.9 Å². The van der Waals surface area contributed by atoms with Crippen LogP contribution in [0.1, 0.15) is 24.0 Å². The van der Waals surface area contributed by atoms with Gasteiger partial charge in [0.1, 0.15) is 6.61 Å². The molecule has 0 heterocycles. The first-order valence-corrected chi connectivity index (χ1v) is 6.91. The molecule has 1 heteroatoms. The Kier molecular flexibility index (Phi) is 3.53. The second-order valence-electron chi connectivity index (χ2n) is 5.22. The molecule has 3 rings (SSSR count). The molecule has 1 nitrogen and oxygen atoms in total. The molecule has 0 fully saturated rings. The molecule has 0 amide bonds. The van der Waals surface area contributed by atoms with Crippen molar-refractivity contribution in [1.29, 1.82) is 0 Å². The Balaban J connectivity index is 2.03. The molecule has 0 spiro atoms. The lowest BCUT2D eigenvalue weighted by atomic mass is 9.91. The highest BCUT2D eigenvalue weighted by atomic mass is 16.3. The second kappa shape index (κ2) is 5.48. The van der Waals surface area contributed by atoms with Crippen molar-refractivity contribution in [1.82, 2.24) is 0 Å². The predicted molar refractivity (Wildman–Crippen MR) is 81.9 cm³/mol. The molecular formula is C19H17O. The van der Waals surface area contributed by atoms with Gasteiger partial charge in [0, 0.05) is 5.92 Å². The van der Waals surface area contributed by atoms with E-state index in [0.717, 1.165) is 5.56 Å². The number of rotatable bonds is 3. The van der Waals surface area contributed by atoms with Gasteiger partial charge in [0.25, 0.3) is 0 Å². The van der Waals surface area contributed by atoms with E-state index < -0.39 is 0 Å². The van der Waals surface area contributed by atoms with E-state index in [1.165, 1.54) is 22.3 Å². The van der Waals surface area contributed by atoms with Crippen LogP contribution >= 0.6 is 0 Å². The van der Waals surface area contributed by atoms with Crippen molar-refractivity contribution in [3.8, 4) is 11.1 Å². The van der Waals surface area contributed by atoms with Gasteiger partial charge in [0.2, 0.25) is 0 Å². The van der Waals surface area contributed by atoms with Crippen LogP contribution in [0.3, 0.4) is 0 Å². The Hall–Kier alpha value is -2.12. The maximum absolute atomic E-state index is 10.9. The molecule has 0 bridgehead atoms. The summed E-state index contributed by atoms with van der Waals surface area (Å²) >= 11 is 0. The van der Waals surface area contributed by atoms with Gasteiger partial charge in [-0.15, -0.1) is 0 Å². The summed E-state index contributed by atoms with van der Waals surface area (Å²) in [6.45, 7) is 1.97. The minimum absolute atomic E-state index is 0.158. The van der Waals surface area contributed by atoms with Crippen molar-refractivity contribution < 1.29 is 5.11 Å². The van der Waals surface area contributed by atoms with Crippen LogP contribution in [0.5, 0.6) is 0 Å². The fourth-order valence-electron chi connectivity index (χ4n) is 2.67. The first-order chi connectivity index (χ1) is 9.78. The normalized spacial score (nSPS) is 17.3. The van der Waals surface area contributed by atoms with E-state index in [1.54, 1.807) is 0 Å².